The minimum absolute atomic E-state index is 0.0738. The molecule has 0 N–H and O–H groups in total. The van der Waals surface area contributed by atoms with Crippen LogP contribution in [-0.4, -0.2) is 18.0 Å². The number of carbonyl (C=O) groups excluding carboxylic acids is 1. The van der Waals surface area contributed by atoms with Gasteiger partial charge in [0, 0.05) is 5.56 Å². The summed E-state index contributed by atoms with van der Waals surface area (Å²) < 4.78 is 39.6. The summed E-state index contributed by atoms with van der Waals surface area (Å²) in [5, 5.41) is -0.939. The van der Waals surface area contributed by atoms with Gasteiger partial charge in [0.1, 0.15) is 11.1 Å². The van der Waals surface area contributed by atoms with E-state index in [-0.39, 0.29) is 11.5 Å². The number of alkyl halides is 1. The van der Waals surface area contributed by atoms with Gasteiger partial charge in [-0.1, -0.05) is 58.6 Å². The Hall–Kier alpha value is -2.14. The summed E-state index contributed by atoms with van der Waals surface area (Å²) in [4.78, 5) is 11.9. The smallest absolute Gasteiger partial charge is 0.329 e. The van der Waals surface area contributed by atoms with Crippen LogP contribution in [-0.2, 0) is 4.79 Å². The van der Waals surface area contributed by atoms with Crippen molar-refractivity contribution in [1.82, 2.24) is 0 Å². The molecule has 30 heavy (non-hydrogen) atoms. The van der Waals surface area contributed by atoms with Gasteiger partial charge in [-0.25, -0.2) is 4.39 Å². The lowest BCUT2D eigenvalue weighted by atomic mass is 10.0. The van der Waals surface area contributed by atoms with Crippen LogP contribution in [0.15, 0.2) is 36.4 Å². The molecule has 0 fully saturated rings. The highest BCUT2D eigenvalue weighted by Gasteiger charge is 2.24. The maximum atomic E-state index is 14.6. The molecule has 0 aliphatic carbocycles. The van der Waals surface area contributed by atoms with Crippen LogP contribution in [0, 0.1) is 17.6 Å². The van der Waals surface area contributed by atoms with Gasteiger partial charge in [0.15, 0.2) is 11.6 Å². The fourth-order valence-corrected chi connectivity index (χ4v) is 2.94. The van der Waals surface area contributed by atoms with Gasteiger partial charge in [0.2, 0.25) is 5.82 Å². The summed E-state index contributed by atoms with van der Waals surface area (Å²) in [7, 11) is 0. The van der Waals surface area contributed by atoms with Crippen LogP contribution < -0.4 is 9.47 Å². The highest BCUT2D eigenvalue weighted by molar-refractivity contribution is 6.30. The molecule has 0 saturated carbocycles. The second-order valence-electron chi connectivity index (χ2n) is 7.59. The molecule has 2 aromatic carbocycles. The quantitative estimate of drug-likeness (QED) is 0.162. The number of benzene rings is 2. The Morgan fingerprint density at radius 1 is 0.967 bits per heavy atom. The molecule has 2 aromatic rings. The number of halogens is 3. The summed E-state index contributed by atoms with van der Waals surface area (Å²) in [5.74, 6) is -3.10. The number of unbranched alkanes of at least 4 members (excludes halogenated alkanes) is 4. The van der Waals surface area contributed by atoms with E-state index in [2.05, 4.69) is 6.92 Å². The molecule has 164 valence electrons. The molecule has 6 heteroatoms. The number of esters is 1. The van der Waals surface area contributed by atoms with Gasteiger partial charge in [0.25, 0.3) is 0 Å². The van der Waals surface area contributed by atoms with Crippen LogP contribution in [0.2, 0.25) is 0 Å². The SMILES string of the molecule is CCCCCCCOc1ccc(-c2ccc(OC(=O)C(Cl)C(C)C)c(F)c2F)cc1. The molecule has 0 radical (unpaired) electrons. The van der Waals surface area contributed by atoms with Crippen LogP contribution in [0.3, 0.4) is 0 Å². The molecule has 1 unspecified atom stereocenters. The molecular formula is C24H29ClF2O3. The predicted molar refractivity (Wildman–Crippen MR) is 116 cm³/mol. The molecule has 0 aliphatic rings. The monoisotopic (exact) mass is 438 g/mol. The Labute approximate surface area is 182 Å². The summed E-state index contributed by atoms with van der Waals surface area (Å²) in [6.07, 6.45) is 5.77. The number of ether oxygens (including phenoxy) is 2. The van der Waals surface area contributed by atoms with E-state index in [4.69, 9.17) is 21.1 Å². The standard InChI is InChI=1S/C24H29ClF2O3/c1-4-5-6-7-8-15-29-18-11-9-17(10-12-18)19-13-14-20(23(27)22(19)26)30-24(28)21(25)16(2)3/h9-14,16,21H,4-8,15H2,1-3H3. The molecular weight excluding hydrogens is 410 g/mol. The molecule has 0 bridgehead atoms. The fourth-order valence-electron chi connectivity index (χ4n) is 2.90. The first kappa shape index (κ1) is 24.1. The van der Waals surface area contributed by atoms with E-state index in [1.807, 2.05) is 0 Å². The van der Waals surface area contributed by atoms with Crippen molar-refractivity contribution in [2.75, 3.05) is 6.61 Å². The summed E-state index contributed by atoms with van der Waals surface area (Å²) in [5.41, 5.74) is 0.571. The highest BCUT2D eigenvalue weighted by atomic mass is 35.5. The lowest BCUT2D eigenvalue weighted by Crippen LogP contribution is -2.26. The van der Waals surface area contributed by atoms with E-state index in [1.165, 1.54) is 31.4 Å². The number of hydrogen-bond donors (Lipinski definition) is 0. The Morgan fingerprint density at radius 2 is 1.63 bits per heavy atom. The summed E-state index contributed by atoms with van der Waals surface area (Å²) in [6, 6.07) is 9.41. The van der Waals surface area contributed by atoms with Gasteiger partial charge >= 0.3 is 5.97 Å². The third kappa shape index (κ3) is 6.69. The van der Waals surface area contributed by atoms with E-state index < -0.39 is 28.7 Å². The molecule has 0 aromatic heterocycles. The van der Waals surface area contributed by atoms with Crippen LogP contribution in [0.5, 0.6) is 11.5 Å². The van der Waals surface area contributed by atoms with Crippen LogP contribution >= 0.6 is 11.6 Å². The van der Waals surface area contributed by atoms with Gasteiger partial charge in [-0.2, -0.15) is 4.39 Å². The number of carbonyl (C=O) groups is 1. The second kappa shape index (κ2) is 11.9. The Morgan fingerprint density at radius 3 is 2.27 bits per heavy atom. The van der Waals surface area contributed by atoms with Crippen molar-refractivity contribution in [2.45, 2.75) is 58.3 Å². The number of hydrogen-bond acceptors (Lipinski definition) is 3. The maximum absolute atomic E-state index is 14.6. The molecule has 1 atom stereocenters. The largest absolute Gasteiger partial charge is 0.494 e. The first-order valence-corrected chi connectivity index (χ1v) is 10.9. The lowest BCUT2D eigenvalue weighted by Gasteiger charge is -2.14. The minimum Gasteiger partial charge on any atom is -0.494 e. The zero-order valence-corrected chi connectivity index (χ0v) is 18.5. The topological polar surface area (TPSA) is 35.5 Å². The normalized spacial score (nSPS) is 12.1. The molecule has 0 saturated heterocycles. The van der Waals surface area contributed by atoms with Gasteiger partial charge < -0.3 is 9.47 Å². The van der Waals surface area contributed by atoms with Crippen molar-refractivity contribution < 1.29 is 23.0 Å². The zero-order chi connectivity index (χ0) is 22.1. The first-order chi connectivity index (χ1) is 14.3. The molecule has 2 rings (SSSR count). The summed E-state index contributed by atoms with van der Waals surface area (Å²) in [6.45, 7) is 6.27. The van der Waals surface area contributed by atoms with E-state index in [0.717, 1.165) is 12.8 Å². The van der Waals surface area contributed by atoms with E-state index >= 15 is 0 Å². The molecule has 0 amide bonds. The third-order valence-electron chi connectivity index (χ3n) is 4.75. The Balaban J connectivity index is 2.02. The van der Waals surface area contributed by atoms with Gasteiger partial charge in [0.05, 0.1) is 6.61 Å². The van der Waals surface area contributed by atoms with Gasteiger partial charge in [-0.3, -0.25) is 4.79 Å². The van der Waals surface area contributed by atoms with Crippen molar-refractivity contribution in [3.63, 3.8) is 0 Å². The first-order valence-electron chi connectivity index (χ1n) is 10.4. The van der Waals surface area contributed by atoms with Crippen molar-refractivity contribution in [2.24, 2.45) is 5.92 Å². The maximum Gasteiger partial charge on any atom is 0.329 e. The fraction of sp³-hybridized carbons (Fsp3) is 0.458. The number of rotatable bonds is 11. The van der Waals surface area contributed by atoms with Crippen molar-refractivity contribution in [1.29, 1.82) is 0 Å². The van der Waals surface area contributed by atoms with Crippen LogP contribution in [0.1, 0.15) is 52.9 Å². The van der Waals surface area contributed by atoms with E-state index in [1.54, 1.807) is 38.1 Å². The molecule has 3 nitrogen and oxygen atoms in total. The van der Waals surface area contributed by atoms with Crippen molar-refractivity contribution in [3.05, 3.63) is 48.0 Å². The molecule has 0 spiro atoms. The minimum atomic E-state index is -1.22. The second-order valence-corrected chi connectivity index (χ2v) is 8.06. The average molecular weight is 439 g/mol. The predicted octanol–water partition coefficient (Wildman–Crippen LogP) is 7.15. The van der Waals surface area contributed by atoms with E-state index in [0.29, 0.717) is 17.9 Å². The molecule has 0 aliphatic heterocycles. The highest BCUT2D eigenvalue weighted by Crippen LogP contribution is 2.31. The van der Waals surface area contributed by atoms with Crippen molar-refractivity contribution in [3.8, 4) is 22.6 Å². The average Bonchev–Trinajstić information content (AvgIpc) is 2.74. The Bertz CT molecular complexity index is 822. The van der Waals surface area contributed by atoms with Crippen molar-refractivity contribution >= 4 is 17.6 Å². The third-order valence-corrected chi connectivity index (χ3v) is 5.43. The van der Waals surface area contributed by atoms with E-state index in [9.17, 15) is 13.6 Å². The van der Waals surface area contributed by atoms with Gasteiger partial charge in [-0.05, 0) is 42.2 Å². The summed E-state index contributed by atoms with van der Waals surface area (Å²) >= 11 is 5.92. The zero-order valence-electron chi connectivity index (χ0n) is 17.7. The molecule has 0 heterocycles. The van der Waals surface area contributed by atoms with Gasteiger partial charge in [-0.15, -0.1) is 11.6 Å². The van der Waals surface area contributed by atoms with Crippen LogP contribution in [0.25, 0.3) is 11.1 Å². The lowest BCUT2D eigenvalue weighted by molar-refractivity contribution is -0.134. The Kier molecular flexibility index (Phi) is 9.57. The van der Waals surface area contributed by atoms with Crippen LogP contribution in [0.4, 0.5) is 8.78 Å².